The summed E-state index contributed by atoms with van der Waals surface area (Å²) in [6, 6.07) is 10.7. The molecule has 1 aromatic heterocycles. The summed E-state index contributed by atoms with van der Waals surface area (Å²) in [7, 11) is 1.64. The van der Waals surface area contributed by atoms with E-state index in [4.69, 9.17) is 9.15 Å². The standard InChI is InChI=1S/C26H29NO3/c1-16-9-10-20(17(2)11-16)23-15-30-25-14-24(29-4)21(13-22(23)25)18(3)12-26(28)27-19-7-5-6-8-19/h9-15,19H,5-8H2,1-4H3,(H,27,28)/b18-12+. The van der Waals surface area contributed by atoms with Gasteiger partial charge in [0.05, 0.1) is 13.4 Å². The van der Waals surface area contributed by atoms with E-state index in [-0.39, 0.29) is 5.91 Å². The van der Waals surface area contributed by atoms with Crippen LogP contribution < -0.4 is 10.1 Å². The highest BCUT2D eigenvalue weighted by atomic mass is 16.5. The number of hydrogen-bond donors (Lipinski definition) is 1. The summed E-state index contributed by atoms with van der Waals surface area (Å²) in [5.74, 6) is 0.662. The highest BCUT2D eigenvalue weighted by Crippen LogP contribution is 2.38. The van der Waals surface area contributed by atoms with Gasteiger partial charge >= 0.3 is 0 Å². The summed E-state index contributed by atoms with van der Waals surface area (Å²) in [4.78, 5) is 12.5. The van der Waals surface area contributed by atoms with E-state index in [2.05, 4.69) is 43.4 Å². The number of carbonyl (C=O) groups excluding carboxylic acids is 1. The predicted molar refractivity (Wildman–Crippen MR) is 122 cm³/mol. The third kappa shape index (κ3) is 4.00. The summed E-state index contributed by atoms with van der Waals surface area (Å²) >= 11 is 0. The fourth-order valence-electron chi connectivity index (χ4n) is 4.44. The summed E-state index contributed by atoms with van der Waals surface area (Å²) in [6.07, 6.45) is 8.01. The molecule has 4 heteroatoms. The SMILES string of the molecule is COc1cc2occ(-c3ccc(C)cc3C)c2cc1/C(C)=C/C(=O)NC1CCCC1. The average Bonchev–Trinajstić information content (AvgIpc) is 3.36. The molecule has 4 rings (SSSR count). The van der Waals surface area contributed by atoms with Crippen LogP contribution in [-0.4, -0.2) is 19.1 Å². The van der Waals surface area contributed by atoms with E-state index in [0.29, 0.717) is 11.8 Å². The second-order valence-electron chi connectivity index (χ2n) is 8.33. The first-order valence-electron chi connectivity index (χ1n) is 10.6. The zero-order chi connectivity index (χ0) is 21.3. The van der Waals surface area contributed by atoms with Crippen molar-refractivity contribution in [3.05, 3.63) is 59.4 Å². The molecule has 2 aromatic carbocycles. The molecule has 1 aliphatic carbocycles. The molecule has 3 aromatic rings. The Morgan fingerprint density at radius 2 is 1.90 bits per heavy atom. The van der Waals surface area contributed by atoms with Gasteiger partial charge in [-0.25, -0.2) is 0 Å². The number of aryl methyl sites for hydroxylation is 2. The fraction of sp³-hybridized carbons (Fsp3) is 0.346. The number of benzene rings is 2. The predicted octanol–water partition coefficient (Wildman–Crippen LogP) is 6.19. The maximum Gasteiger partial charge on any atom is 0.244 e. The molecule has 0 unspecified atom stereocenters. The van der Waals surface area contributed by atoms with Gasteiger partial charge in [0.25, 0.3) is 0 Å². The van der Waals surface area contributed by atoms with Gasteiger partial charge in [-0.3, -0.25) is 4.79 Å². The van der Waals surface area contributed by atoms with Crippen LogP contribution in [-0.2, 0) is 4.79 Å². The maximum atomic E-state index is 12.5. The van der Waals surface area contributed by atoms with Crippen molar-refractivity contribution in [1.29, 1.82) is 0 Å². The van der Waals surface area contributed by atoms with Crippen molar-refractivity contribution < 1.29 is 13.9 Å². The van der Waals surface area contributed by atoms with Gasteiger partial charge in [0.15, 0.2) is 0 Å². The van der Waals surface area contributed by atoms with E-state index < -0.39 is 0 Å². The lowest BCUT2D eigenvalue weighted by atomic mass is 9.96. The normalized spacial score (nSPS) is 15.0. The van der Waals surface area contributed by atoms with Crippen LogP contribution in [0.1, 0.15) is 49.3 Å². The first-order valence-corrected chi connectivity index (χ1v) is 10.6. The van der Waals surface area contributed by atoms with Crippen molar-refractivity contribution in [2.45, 2.75) is 52.5 Å². The third-order valence-electron chi connectivity index (χ3n) is 6.04. The Morgan fingerprint density at radius 1 is 1.13 bits per heavy atom. The van der Waals surface area contributed by atoms with Gasteiger partial charge in [-0.05, 0) is 56.4 Å². The largest absolute Gasteiger partial charge is 0.496 e. The highest BCUT2D eigenvalue weighted by Gasteiger charge is 2.18. The third-order valence-corrected chi connectivity index (χ3v) is 6.04. The zero-order valence-corrected chi connectivity index (χ0v) is 18.2. The van der Waals surface area contributed by atoms with Crippen molar-refractivity contribution in [2.75, 3.05) is 7.11 Å². The maximum absolute atomic E-state index is 12.5. The smallest absolute Gasteiger partial charge is 0.244 e. The van der Waals surface area contributed by atoms with Crippen LogP contribution in [0.25, 0.3) is 27.7 Å². The Balaban J connectivity index is 1.73. The van der Waals surface area contributed by atoms with Crippen LogP contribution in [0.4, 0.5) is 0 Å². The van der Waals surface area contributed by atoms with Crippen molar-refractivity contribution in [3.8, 4) is 16.9 Å². The molecule has 0 saturated heterocycles. The number of methoxy groups -OCH3 is 1. The van der Waals surface area contributed by atoms with Gasteiger partial charge in [0, 0.05) is 34.7 Å². The van der Waals surface area contributed by atoms with E-state index in [9.17, 15) is 4.79 Å². The molecular weight excluding hydrogens is 374 g/mol. The van der Waals surface area contributed by atoms with Crippen molar-refractivity contribution in [1.82, 2.24) is 5.32 Å². The zero-order valence-electron chi connectivity index (χ0n) is 18.2. The molecule has 1 fully saturated rings. The van der Waals surface area contributed by atoms with Crippen LogP contribution in [0.2, 0.25) is 0 Å². The van der Waals surface area contributed by atoms with Crippen molar-refractivity contribution in [2.24, 2.45) is 0 Å². The number of furan rings is 1. The number of rotatable bonds is 5. The number of ether oxygens (including phenoxy) is 1. The second kappa shape index (κ2) is 8.39. The first kappa shape index (κ1) is 20.3. The monoisotopic (exact) mass is 403 g/mol. The molecule has 1 saturated carbocycles. The van der Waals surface area contributed by atoms with E-state index in [1.807, 2.05) is 13.0 Å². The Hall–Kier alpha value is -3.01. The molecular formula is C26H29NO3. The van der Waals surface area contributed by atoms with Crippen LogP contribution >= 0.6 is 0 Å². The van der Waals surface area contributed by atoms with Gasteiger partial charge in [-0.1, -0.05) is 36.6 Å². The van der Waals surface area contributed by atoms with Crippen molar-refractivity contribution >= 4 is 22.4 Å². The highest BCUT2D eigenvalue weighted by molar-refractivity contribution is 6.00. The molecule has 0 bridgehead atoms. The molecule has 156 valence electrons. The van der Waals surface area contributed by atoms with Crippen LogP contribution in [0.5, 0.6) is 5.75 Å². The van der Waals surface area contributed by atoms with Gasteiger partial charge in [0.1, 0.15) is 11.3 Å². The molecule has 0 aliphatic heterocycles. The minimum Gasteiger partial charge on any atom is -0.496 e. The molecule has 0 radical (unpaired) electrons. The molecule has 4 nitrogen and oxygen atoms in total. The Morgan fingerprint density at radius 3 is 2.60 bits per heavy atom. The molecule has 0 atom stereocenters. The topological polar surface area (TPSA) is 51.5 Å². The number of allylic oxidation sites excluding steroid dienone is 1. The number of fused-ring (bicyclic) bond motifs is 1. The van der Waals surface area contributed by atoms with Crippen LogP contribution in [0.3, 0.4) is 0 Å². The average molecular weight is 404 g/mol. The quantitative estimate of drug-likeness (QED) is 0.517. The summed E-state index contributed by atoms with van der Waals surface area (Å²) in [5, 5.41) is 4.14. The summed E-state index contributed by atoms with van der Waals surface area (Å²) in [5.41, 5.74) is 7.19. The minimum atomic E-state index is -0.0386. The summed E-state index contributed by atoms with van der Waals surface area (Å²) < 4.78 is 11.5. The lowest BCUT2D eigenvalue weighted by Gasteiger charge is -2.12. The number of amides is 1. The van der Waals surface area contributed by atoms with E-state index in [0.717, 1.165) is 46.1 Å². The lowest BCUT2D eigenvalue weighted by Crippen LogP contribution is -2.31. The number of hydrogen-bond acceptors (Lipinski definition) is 3. The summed E-state index contributed by atoms with van der Waals surface area (Å²) in [6.45, 7) is 6.16. The Bertz CT molecular complexity index is 1120. The van der Waals surface area contributed by atoms with E-state index in [1.54, 1.807) is 19.4 Å². The molecule has 1 heterocycles. The lowest BCUT2D eigenvalue weighted by molar-refractivity contribution is -0.117. The van der Waals surface area contributed by atoms with Gasteiger partial charge in [0.2, 0.25) is 5.91 Å². The first-order chi connectivity index (χ1) is 14.5. The van der Waals surface area contributed by atoms with Crippen LogP contribution in [0, 0.1) is 13.8 Å². The number of carbonyl (C=O) groups is 1. The van der Waals surface area contributed by atoms with E-state index in [1.165, 1.54) is 24.0 Å². The molecule has 1 N–H and O–H groups in total. The molecule has 1 aliphatic rings. The van der Waals surface area contributed by atoms with E-state index >= 15 is 0 Å². The Kier molecular flexibility index (Phi) is 5.67. The second-order valence-corrected chi connectivity index (χ2v) is 8.33. The van der Waals surface area contributed by atoms with Gasteiger partial charge in [-0.2, -0.15) is 0 Å². The van der Waals surface area contributed by atoms with Crippen LogP contribution in [0.15, 0.2) is 47.1 Å². The Labute approximate surface area is 177 Å². The number of nitrogens with one attached hydrogen (secondary N) is 1. The molecule has 30 heavy (non-hydrogen) atoms. The fourth-order valence-corrected chi connectivity index (χ4v) is 4.44. The molecule has 0 spiro atoms. The van der Waals surface area contributed by atoms with Gasteiger partial charge in [-0.15, -0.1) is 0 Å². The van der Waals surface area contributed by atoms with Gasteiger partial charge < -0.3 is 14.5 Å². The molecule has 1 amide bonds. The minimum absolute atomic E-state index is 0.0386. The van der Waals surface area contributed by atoms with Crippen molar-refractivity contribution in [3.63, 3.8) is 0 Å².